The molecule has 0 N–H and O–H groups in total. The van der Waals surface area contributed by atoms with Crippen molar-refractivity contribution in [1.29, 1.82) is 0 Å². The highest BCUT2D eigenvalue weighted by Crippen LogP contribution is 2.33. The van der Waals surface area contributed by atoms with E-state index in [0.717, 1.165) is 35.2 Å². The fourth-order valence-corrected chi connectivity index (χ4v) is 4.29. The molecule has 0 aromatic heterocycles. The van der Waals surface area contributed by atoms with Gasteiger partial charge in [-0.3, -0.25) is 14.5 Å². The number of rotatable bonds is 4. The van der Waals surface area contributed by atoms with Gasteiger partial charge in [0.25, 0.3) is 0 Å². The predicted molar refractivity (Wildman–Crippen MR) is 106 cm³/mol. The Labute approximate surface area is 168 Å². The molecule has 1 atom stereocenters. The minimum atomic E-state index is -0.541. The molecule has 1 amide bonds. The zero-order valence-electron chi connectivity index (χ0n) is 16.4. The normalized spacial score (nSPS) is 20.6. The van der Waals surface area contributed by atoms with E-state index in [1.54, 1.807) is 12.0 Å². The number of amides is 1. The molecule has 27 heavy (non-hydrogen) atoms. The molecule has 0 radical (unpaired) electrons. The minimum absolute atomic E-state index is 0.0142. The van der Waals surface area contributed by atoms with Crippen LogP contribution in [0.15, 0.2) is 16.6 Å². The minimum Gasteiger partial charge on any atom is -0.496 e. The van der Waals surface area contributed by atoms with Crippen molar-refractivity contribution in [2.24, 2.45) is 0 Å². The highest BCUT2D eigenvalue weighted by molar-refractivity contribution is 9.10. The first-order chi connectivity index (χ1) is 12.7. The van der Waals surface area contributed by atoms with Crippen molar-refractivity contribution in [3.8, 4) is 5.75 Å². The Balaban J connectivity index is 1.67. The number of fused-ring (bicyclic) bond motifs is 1. The van der Waals surface area contributed by atoms with Gasteiger partial charge in [0.2, 0.25) is 5.91 Å². The third kappa shape index (κ3) is 4.63. The second-order valence-corrected chi connectivity index (χ2v) is 9.03. The van der Waals surface area contributed by atoms with Crippen molar-refractivity contribution in [3.05, 3.63) is 27.7 Å². The van der Waals surface area contributed by atoms with Gasteiger partial charge in [-0.15, -0.1) is 0 Å². The molecule has 1 aromatic carbocycles. The van der Waals surface area contributed by atoms with Crippen molar-refractivity contribution >= 4 is 27.8 Å². The van der Waals surface area contributed by atoms with Crippen LogP contribution in [0.1, 0.15) is 38.3 Å². The van der Waals surface area contributed by atoms with Crippen LogP contribution in [0.2, 0.25) is 0 Å². The number of carbonyl (C=O) groups excluding carboxylic acids is 2. The Bertz CT molecular complexity index is 727. The number of nitrogens with zero attached hydrogens (tertiary/aromatic N) is 2. The first-order valence-electron chi connectivity index (χ1n) is 9.28. The number of ether oxygens (including phenoxy) is 2. The van der Waals surface area contributed by atoms with Crippen molar-refractivity contribution in [3.63, 3.8) is 0 Å². The van der Waals surface area contributed by atoms with E-state index in [-0.39, 0.29) is 24.5 Å². The topological polar surface area (TPSA) is 59.1 Å². The van der Waals surface area contributed by atoms with Gasteiger partial charge in [-0.25, -0.2) is 0 Å². The molecule has 2 aliphatic rings. The van der Waals surface area contributed by atoms with Gasteiger partial charge in [-0.2, -0.15) is 0 Å². The molecule has 1 fully saturated rings. The van der Waals surface area contributed by atoms with Gasteiger partial charge >= 0.3 is 5.97 Å². The summed E-state index contributed by atoms with van der Waals surface area (Å²) in [6, 6.07) is 3.91. The number of halogens is 1. The molecule has 0 aliphatic carbocycles. The smallest absolute Gasteiger partial charge is 0.326 e. The van der Waals surface area contributed by atoms with Gasteiger partial charge in [-0.1, -0.05) is 15.9 Å². The number of hydrogen-bond donors (Lipinski definition) is 0. The van der Waals surface area contributed by atoms with Gasteiger partial charge in [-0.05, 0) is 51.3 Å². The number of esters is 1. The maximum absolute atomic E-state index is 12.9. The molecule has 2 aliphatic heterocycles. The first-order valence-corrected chi connectivity index (χ1v) is 10.1. The number of methoxy groups -OCH3 is 1. The molecule has 2 heterocycles. The van der Waals surface area contributed by atoms with E-state index in [4.69, 9.17) is 9.47 Å². The SMILES string of the molecule is COc1cc(Br)cc2c1CN(C1CCN(CC(=O)OC(C)(C)C)C1=O)CC2. The zero-order chi connectivity index (χ0) is 19.8. The van der Waals surface area contributed by atoms with Crippen LogP contribution < -0.4 is 4.74 Å². The van der Waals surface area contributed by atoms with Crippen molar-refractivity contribution in [2.75, 3.05) is 26.7 Å². The molecule has 148 valence electrons. The lowest BCUT2D eigenvalue weighted by atomic mass is 9.97. The van der Waals surface area contributed by atoms with Crippen LogP contribution in [0.25, 0.3) is 0 Å². The van der Waals surface area contributed by atoms with Gasteiger partial charge in [0.1, 0.15) is 17.9 Å². The lowest BCUT2D eigenvalue weighted by molar-refractivity contribution is -0.158. The summed E-state index contributed by atoms with van der Waals surface area (Å²) in [5.41, 5.74) is 1.86. The Kier molecular flexibility index (Phi) is 5.82. The summed E-state index contributed by atoms with van der Waals surface area (Å²) in [6.45, 7) is 7.60. The van der Waals surface area contributed by atoms with E-state index >= 15 is 0 Å². The predicted octanol–water partition coefficient (Wildman–Crippen LogP) is 2.76. The molecule has 1 unspecified atom stereocenters. The summed E-state index contributed by atoms with van der Waals surface area (Å²) in [5.74, 6) is 0.507. The summed E-state index contributed by atoms with van der Waals surface area (Å²) >= 11 is 3.53. The maximum Gasteiger partial charge on any atom is 0.326 e. The van der Waals surface area contributed by atoms with Crippen LogP contribution in [0.3, 0.4) is 0 Å². The molecular weight excluding hydrogens is 412 g/mol. The third-order valence-corrected chi connectivity index (χ3v) is 5.42. The number of hydrogen-bond acceptors (Lipinski definition) is 5. The summed E-state index contributed by atoms with van der Waals surface area (Å²) in [5, 5.41) is 0. The lowest BCUT2D eigenvalue weighted by Crippen LogP contribution is -2.45. The van der Waals surface area contributed by atoms with Crippen LogP contribution in [-0.4, -0.2) is 60.1 Å². The molecule has 1 saturated heterocycles. The fourth-order valence-electron chi connectivity index (χ4n) is 3.81. The number of carbonyl (C=O) groups is 2. The van der Waals surface area contributed by atoms with E-state index in [9.17, 15) is 9.59 Å². The average Bonchev–Trinajstić information content (AvgIpc) is 2.92. The van der Waals surface area contributed by atoms with Crippen LogP contribution in [-0.2, 0) is 27.3 Å². The van der Waals surface area contributed by atoms with Crippen LogP contribution in [0, 0.1) is 0 Å². The van der Waals surface area contributed by atoms with Crippen LogP contribution in [0.5, 0.6) is 5.75 Å². The molecule has 0 saturated carbocycles. The van der Waals surface area contributed by atoms with Gasteiger partial charge in [0.15, 0.2) is 0 Å². The Hall–Kier alpha value is -1.60. The second kappa shape index (κ2) is 7.80. The van der Waals surface area contributed by atoms with E-state index < -0.39 is 5.60 Å². The third-order valence-electron chi connectivity index (χ3n) is 4.97. The van der Waals surface area contributed by atoms with E-state index in [1.165, 1.54) is 5.56 Å². The Morgan fingerprint density at radius 1 is 1.30 bits per heavy atom. The highest BCUT2D eigenvalue weighted by Gasteiger charge is 2.38. The fraction of sp³-hybridized carbons (Fsp3) is 0.600. The largest absolute Gasteiger partial charge is 0.496 e. The standard InChI is InChI=1S/C20H27BrN2O4/c1-20(2,3)27-18(24)12-23-8-6-16(19(23)25)22-7-5-13-9-14(21)10-17(26-4)15(13)11-22/h9-10,16H,5-8,11-12H2,1-4H3. The van der Waals surface area contributed by atoms with Gasteiger partial charge < -0.3 is 14.4 Å². The Morgan fingerprint density at radius 2 is 2.04 bits per heavy atom. The lowest BCUT2D eigenvalue weighted by Gasteiger charge is -2.33. The molecule has 1 aromatic rings. The number of benzene rings is 1. The van der Waals surface area contributed by atoms with Crippen molar-refractivity contribution in [1.82, 2.24) is 9.80 Å². The van der Waals surface area contributed by atoms with Crippen molar-refractivity contribution < 1.29 is 19.1 Å². The quantitative estimate of drug-likeness (QED) is 0.676. The van der Waals surface area contributed by atoms with Crippen LogP contribution >= 0.6 is 15.9 Å². The summed E-state index contributed by atoms with van der Waals surface area (Å²) in [7, 11) is 1.67. The second-order valence-electron chi connectivity index (χ2n) is 8.12. The molecule has 0 bridgehead atoms. The van der Waals surface area contributed by atoms with Crippen LogP contribution in [0.4, 0.5) is 0 Å². The number of likely N-dealkylation sites (tertiary alicyclic amines) is 1. The molecule has 7 heteroatoms. The first kappa shape index (κ1) is 20.1. The summed E-state index contributed by atoms with van der Waals surface area (Å²) < 4.78 is 11.9. The zero-order valence-corrected chi connectivity index (χ0v) is 18.0. The van der Waals surface area contributed by atoms with E-state index in [2.05, 4.69) is 26.9 Å². The molecule has 3 rings (SSSR count). The maximum atomic E-state index is 12.9. The summed E-state index contributed by atoms with van der Waals surface area (Å²) in [4.78, 5) is 28.8. The van der Waals surface area contributed by atoms with E-state index in [1.807, 2.05) is 26.8 Å². The summed E-state index contributed by atoms with van der Waals surface area (Å²) in [6.07, 6.45) is 1.61. The average molecular weight is 439 g/mol. The van der Waals surface area contributed by atoms with Gasteiger partial charge in [0, 0.05) is 29.7 Å². The monoisotopic (exact) mass is 438 g/mol. The molecular formula is C20H27BrN2O4. The highest BCUT2D eigenvalue weighted by atomic mass is 79.9. The van der Waals surface area contributed by atoms with E-state index in [0.29, 0.717) is 13.1 Å². The molecule has 0 spiro atoms. The van der Waals surface area contributed by atoms with Gasteiger partial charge in [0.05, 0.1) is 13.2 Å². The molecule has 6 nitrogen and oxygen atoms in total. The van der Waals surface area contributed by atoms with Crippen molar-refractivity contribution in [2.45, 2.75) is 51.8 Å². The Morgan fingerprint density at radius 3 is 2.70 bits per heavy atom.